The summed E-state index contributed by atoms with van der Waals surface area (Å²) in [6.45, 7) is 4.12. The first-order chi connectivity index (χ1) is 6.59. The van der Waals surface area contributed by atoms with Crippen LogP contribution in [0.1, 0.15) is 46.0 Å². The minimum atomic E-state index is -0.703. The Morgan fingerprint density at radius 2 is 2.00 bits per heavy atom. The lowest BCUT2D eigenvalue weighted by molar-refractivity contribution is -0.140. The van der Waals surface area contributed by atoms with E-state index in [2.05, 4.69) is 19.2 Å². The molecule has 0 aromatic heterocycles. The van der Waals surface area contributed by atoms with E-state index in [0.717, 1.165) is 19.3 Å². The molecule has 0 aromatic carbocycles. The molecule has 0 saturated heterocycles. The molecule has 2 N–H and O–H groups in total. The second-order valence-electron chi connectivity index (χ2n) is 4.67. The van der Waals surface area contributed by atoms with Gasteiger partial charge in [0.1, 0.15) is 6.04 Å². The van der Waals surface area contributed by atoms with Crippen LogP contribution in [0.25, 0.3) is 0 Å². The van der Waals surface area contributed by atoms with Crippen molar-refractivity contribution in [3.8, 4) is 0 Å². The fourth-order valence-corrected chi connectivity index (χ4v) is 2.09. The van der Waals surface area contributed by atoms with Gasteiger partial charge in [-0.05, 0) is 25.2 Å². The minimum Gasteiger partial charge on any atom is -0.480 e. The largest absolute Gasteiger partial charge is 0.480 e. The molecule has 0 heterocycles. The molecule has 14 heavy (non-hydrogen) atoms. The maximum Gasteiger partial charge on any atom is 0.320 e. The number of nitrogens with one attached hydrogen (secondary N) is 1. The normalized spacial score (nSPS) is 20.2. The molecule has 1 aliphatic carbocycles. The van der Waals surface area contributed by atoms with Crippen molar-refractivity contribution >= 4 is 5.97 Å². The maximum absolute atomic E-state index is 11.0. The molecule has 3 nitrogen and oxygen atoms in total. The zero-order chi connectivity index (χ0) is 10.6. The molecular formula is C11H21NO2. The Morgan fingerprint density at radius 3 is 2.43 bits per heavy atom. The van der Waals surface area contributed by atoms with Crippen LogP contribution >= 0.6 is 0 Å². The van der Waals surface area contributed by atoms with E-state index in [9.17, 15) is 4.79 Å². The lowest BCUT2D eigenvalue weighted by Crippen LogP contribution is -2.42. The van der Waals surface area contributed by atoms with Crippen molar-refractivity contribution < 1.29 is 9.90 Å². The van der Waals surface area contributed by atoms with Crippen molar-refractivity contribution in [2.24, 2.45) is 5.92 Å². The number of carbonyl (C=O) groups is 1. The first-order valence-electron chi connectivity index (χ1n) is 5.58. The third kappa shape index (κ3) is 3.66. The van der Waals surface area contributed by atoms with E-state index < -0.39 is 5.97 Å². The second kappa shape index (κ2) is 5.35. The molecule has 1 fully saturated rings. The Labute approximate surface area is 85.9 Å². The molecule has 1 atom stereocenters. The van der Waals surface area contributed by atoms with Crippen LogP contribution in [0, 0.1) is 5.92 Å². The van der Waals surface area contributed by atoms with Gasteiger partial charge in [-0.1, -0.05) is 26.7 Å². The summed E-state index contributed by atoms with van der Waals surface area (Å²) in [6, 6.07) is 0.0907. The van der Waals surface area contributed by atoms with Gasteiger partial charge in [0.05, 0.1) is 0 Å². The Bertz CT molecular complexity index is 186. The van der Waals surface area contributed by atoms with Crippen molar-refractivity contribution in [3.63, 3.8) is 0 Å². The Morgan fingerprint density at radius 1 is 1.43 bits per heavy atom. The molecule has 0 unspecified atom stereocenters. The molecule has 0 spiro atoms. The fraction of sp³-hybridized carbons (Fsp3) is 0.909. The molecule has 1 saturated carbocycles. The van der Waals surface area contributed by atoms with E-state index in [-0.39, 0.29) is 6.04 Å². The van der Waals surface area contributed by atoms with Crippen molar-refractivity contribution in [1.29, 1.82) is 0 Å². The Hall–Kier alpha value is -0.570. The minimum absolute atomic E-state index is 0.349. The summed E-state index contributed by atoms with van der Waals surface area (Å²) in [7, 11) is 0. The summed E-state index contributed by atoms with van der Waals surface area (Å²) >= 11 is 0. The molecule has 0 aliphatic heterocycles. The molecule has 3 heteroatoms. The van der Waals surface area contributed by atoms with E-state index in [4.69, 9.17) is 5.11 Å². The average Bonchev–Trinajstić information content (AvgIpc) is 2.54. The first-order valence-corrected chi connectivity index (χ1v) is 5.58. The number of rotatable bonds is 5. The van der Waals surface area contributed by atoms with Gasteiger partial charge in [0, 0.05) is 6.04 Å². The van der Waals surface area contributed by atoms with Crippen LogP contribution in [0.3, 0.4) is 0 Å². The zero-order valence-electron chi connectivity index (χ0n) is 9.12. The monoisotopic (exact) mass is 199 g/mol. The maximum atomic E-state index is 11.0. The summed E-state index contributed by atoms with van der Waals surface area (Å²) in [5.41, 5.74) is 0. The van der Waals surface area contributed by atoms with Crippen molar-refractivity contribution in [3.05, 3.63) is 0 Å². The van der Waals surface area contributed by atoms with Crippen molar-refractivity contribution in [1.82, 2.24) is 5.32 Å². The standard InChI is InChI=1S/C11H21NO2/c1-8(2)7-10(11(13)14)12-9-5-3-4-6-9/h8-10,12H,3-7H2,1-2H3,(H,13,14)/t10-/m1/s1. The molecule has 0 bridgehead atoms. The van der Waals surface area contributed by atoms with Gasteiger partial charge in [0.2, 0.25) is 0 Å². The number of hydrogen-bond acceptors (Lipinski definition) is 2. The van der Waals surface area contributed by atoms with Crippen molar-refractivity contribution in [2.75, 3.05) is 0 Å². The van der Waals surface area contributed by atoms with E-state index >= 15 is 0 Å². The molecule has 0 radical (unpaired) electrons. The predicted octanol–water partition coefficient (Wildman–Crippen LogP) is 2.02. The summed E-state index contributed by atoms with van der Waals surface area (Å²) in [6.07, 6.45) is 5.49. The quantitative estimate of drug-likeness (QED) is 0.712. The van der Waals surface area contributed by atoms with Crippen LogP contribution in [0.5, 0.6) is 0 Å². The summed E-state index contributed by atoms with van der Waals surface area (Å²) in [5.74, 6) is -0.268. The van der Waals surface area contributed by atoms with Gasteiger partial charge in [0.15, 0.2) is 0 Å². The third-order valence-electron chi connectivity index (χ3n) is 2.80. The Balaban J connectivity index is 2.37. The summed E-state index contributed by atoms with van der Waals surface area (Å²) in [5, 5.41) is 12.3. The molecule has 0 aromatic rings. The lowest BCUT2D eigenvalue weighted by atomic mass is 10.0. The zero-order valence-corrected chi connectivity index (χ0v) is 9.12. The van der Waals surface area contributed by atoms with Gasteiger partial charge in [-0.3, -0.25) is 4.79 Å². The van der Waals surface area contributed by atoms with Gasteiger partial charge in [-0.2, -0.15) is 0 Å². The van der Waals surface area contributed by atoms with Crippen LogP contribution in [0.15, 0.2) is 0 Å². The van der Waals surface area contributed by atoms with Gasteiger partial charge >= 0.3 is 5.97 Å². The summed E-state index contributed by atoms with van der Waals surface area (Å²) < 4.78 is 0. The number of carboxylic acids is 1. The van der Waals surface area contributed by atoms with E-state index in [1.807, 2.05) is 0 Å². The number of hydrogen-bond donors (Lipinski definition) is 2. The molecule has 82 valence electrons. The highest BCUT2D eigenvalue weighted by molar-refractivity contribution is 5.73. The molecule has 1 aliphatic rings. The summed E-state index contributed by atoms with van der Waals surface area (Å²) in [4.78, 5) is 11.0. The highest BCUT2D eigenvalue weighted by Crippen LogP contribution is 2.19. The Kier molecular flexibility index (Phi) is 4.39. The smallest absolute Gasteiger partial charge is 0.320 e. The fourth-order valence-electron chi connectivity index (χ4n) is 2.09. The van der Waals surface area contributed by atoms with Gasteiger partial charge in [0.25, 0.3) is 0 Å². The van der Waals surface area contributed by atoms with E-state index in [1.165, 1.54) is 12.8 Å². The van der Waals surface area contributed by atoms with Crippen LogP contribution in [0.2, 0.25) is 0 Å². The number of carboxylic acid groups (broad SMARTS) is 1. The van der Waals surface area contributed by atoms with Gasteiger partial charge < -0.3 is 10.4 Å². The predicted molar refractivity (Wildman–Crippen MR) is 56.3 cm³/mol. The molecule has 0 amide bonds. The van der Waals surface area contributed by atoms with Crippen LogP contribution in [-0.2, 0) is 4.79 Å². The van der Waals surface area contributed by atoms with Crippen LogP contribution in [-0.4, -0.2) is 23.2 Å². The first kappa shape index (κ1) is 11.5. The van der Waals surface area contributed by atoms with Crippen LogP contribution in [0.4, 0.5) is 0 Å². The number of aliphatic carboxylic acids is 1. The highest BCUT2D eigenvalue weighted by Gasteiger charge is 2.24. The topological polar surface area (TPSA) is 49.3 Å². The second-order valence-corrected chi connectivity index (χ2v) is 4.67. The van der Waals surface area contributed by atoms with Gasteiger partial charge in [-0.25, -0.2) is 0 Å². The third-order valence-corrected chi connectivity index (χ3v) is 2.80. The SMILES string of the molecule is CC(C)C[C@@H](NC1CCCC1)C(=O)O. The highest BCUT2D eigenvalue weighted by atomic mass is 16.4. The molecular weight excluding hydrogens is 178 g/mol. The van der Waals surface area contributed by atoms with E-state index in [1.54, 1.807) is 0 Å². The van der Waals surface area contributed by atoms with Crippen molar-refractivity contribution in [2.45, 2.75) is 58.0 Å². The molecule has 1 rings (SSSR count). The average molecular weight is 199 g/mol. The van der Waals surface area contributed by atoms with E-state index in [0.29, 0.717) is 12.0 Å². The van der Waals surface area contributed by atoms with Gasteiger partial charge in [-0.15, -0.1) is 0 Å². The van der Waals surface area contributed by atoms with Crippen LogP contribution < -0.4 is 5.32 Å². The lowest BCUT2D eigenvalue weighted by Gasteiger charge is -2.20.